The highest BCUT2D eigenvalue weighted by Crippen LogP contribution is 2.30. The van der Waals surface area contributed by atoms with Crippen LogP contribution in [0.5, 0.6) is 0 Å². The first-order valence-electron chi connectivity index (χ1n) is 5.84. The number of thiophene rings is 1. The molecule has 0 aromatic carbocycles. The number of nitrogens with one attached hydrogen (secondary N) is 1. The fourth-order valence-corrected chi connectivity index (χ4v) is 3.87. The van der Waals surface area contributed by atoms with E-state index < -0.39 is 0 Å². The van der Waals surface area contributed by atoms with Gasteiger partial charge in [-0.1, -0.05) is 6.42 Å². The Hall–Kier alpha value is 0.1000. The van der Waals surface area contributed by atoms with Crippen molar-refractivity contribution in [2.24, 2.45) is 11.8 Å². The molecule has 1 aliphatic rings. The average molecular weight is 304 g/mol. The summed E-state index contributed by atoms with van der Waals surface area (Å²) in [6.07, 6.45) is 3.75. The van der Waals surface area contributed by atoms with Gasteiger partial charge in [0.1, 0.15) is 0 Å². The Morgan fingerprint density at radius 2 is 2.25 bits per heavy atom. The van der Waals surface area contributed by atoms with E-state index >= 15 is 0 Å². The zero-order valence-corrected chi connectivity index (χ0v) is 11.7. The summed E-state index contributed by atoms with van der Waals surface area (Å²) in [6, 6.07) is 2.16. The molecule has 2 rings (SSSR count). The summed E-state index contributed by atoms with van der Waals surface area (Å²) in [4.78, 5) is 1.37. The molecule has 1 aromatic heterocycles. The highest BCUT2D eigenvalue weighted by atomic mass is 79.9. The molecular weight excluding hydrogens is 286 g/mol. The topological polar surface area (TPSA) is 32.3 Å². The second-order valence-electron chi connectivity index (χ2n) is 4.50. The SMILES string of the molecule is OCC1CCCC1CNCc1cc(Br)cs1. The first-order chi connectivity index (χ1) is 7.79. The summed E-state index contributed by atoms with van der Waals surface area (Å²) >= 11 is 5.24. The van der Waals surface area contributed by atoms with Crippen LogP contribution in [-0.2, 0) is 6.54 Å². The normalized spacial score (nSPS) is 25.1. The molecule has 90 valence electrons. The van der Waals surface area contributed by atoms with E-state index in [0.29, 0.717) is 18.4 Å². The predicted octanol–water partition coefficient (Wildman–Crippen LogP) is 3.01. The highest BCUT2D eigenvalue weighted by Gasteiger charge is 2.25. The maximum absolute atomic E-state index is 9.22. The molecule has 0 radical (unpaired) electrons. The van der Waals surface area contributed by atoms with E-state index in [9.17, 15) is 5.11 Å². The number of aliphatic hydroxyl groups excluding tert-OH is 1. The van der Waals surface area contributed by atoms with Gasteiger partial charge in [-0.3, -0.25) is 0 Å². The maximum atomic E-state index is 9.22. The summed E-state index contributed by atoms with van der Waals surface area (Å²) < 4.78 is 1.17. The smallest absolute Gasteiger partial charge is 0.0462 e. The molecule has 16 heavy (non-hydrogen) atoms. The van der Waals surface area contributed by atoms with Gasteiger partial charge in [-0.05, 0) is 53.2 Å². The van der Waals surface area contributed by atoms with Crippen molar-refractivity contribution in [3.8, 4) is 0 Å². The van der Waals surface area contributed by atoms with Crippen LogP contribution in [-0.4, -0.2) is 18.3 Å². The van der Waals surface area contributed by atoms with Gasteiger partial charge in [0.2, 0.25) is 0 Å². The molecule has 2 atom stereocenters. The quantitative estimate of drug-likeness (QED) is 0.876. The van der Waals surface area contributed by atoms with E-state index in [1.807, 2.05) is 0 Å². The zero-order chi connectivity index (χ0) is 11.4. The van der Waals surface area contributed by atoms with Gasteiger partial charge in [0.25, 0.3) is 0 Å². The molecule has 2 unspecified atom stereocenters. The minimum absolute atomic E-state index is 0.358. The molecule has 1 aliphatic carbocycles. The first kappa shape index (κ1) is 12.6. The minimum atomic E-state index is 0.358. The van der Waals surface area contributed by atoms with Gasteiger partial charge < -0.3 is 10.4 Å². The standard InChI is InChI=1S/C12H18BrNOS/c13-11-4-12(16-8-11)6-14-5-9-2-1-3-10(9)7-15/h4,8-10,14-15H,1-3,5-7H2. The lowest BCUT2D eigenvalue weighted by Gasteiger charge is -2.17. The fraction of sp³-hybridized carbons (Fsp3) is 0.667. The third-order valence-electron chi connectivity index (χ3n) is 3.38. The number of rotatable bonds is 5. The Bertz CT molecular complexity index is 329. The van der Waals surface area contributed by atoms with E-state index in [2.05, 4.69) is 32.7 Å². The number of halogens is 1. The van der Waals surface area contributed by atoms with Crippen molar-refractivity contribution < 1.29 is 5.11 Å². The molecule has 0 aliphatic heterocycles. The van der Waals surface area contributed by atoms with Crippen LogP contribution in [0.2, 0.25) is 0 Å². The molecule has 0 amide bonds. The summed E-state index contributed by atoms with van der Waals surface area (Å²) in [5, 5.41) is 14.8. The zero-order valence-electron chi connectivity index (χ0n) is 9.29. The van der Waals surface area contributed by atoms with Gasteiger partial charge in [0.05, 0.1) is 0 Å². The predicted molar refractivity (Wildman–Crippen MR) is 71.6 cm³/mol. The average Bonchev–Trinajstić information content (AvgIpc) is 2.87. The van der Waals surface area contributed by atoms with Crippen LogP contribution in [0.4, 0.5) is 0 Å². The number of hydrogen-bond donors (Lipinski definition) is 2. The number of aliphatic hydroxyl groups is 1. The molecule has 0 bridgehead atoms. The van der Waals surface area contributed by atoms with E-state index in [0.717, 1.165) is 13.1 Å². The molecule has 2 nitrogen and oxygen atoms in total. The van der Waals surface area contributed by atoms with Crippen LogP contribution in [0.1, 0.15) is 24.1 Å². The Balaban J connectivity index is 1.71. The van der Waals surface area contributed by atoms with Crippen LogP contribution in [0.25, 0.3) is 0 Å². The second kappa shape index (κ2) is 6.15. The Labute approximate surface area is 109 Å². The summed E-state index contributed by atoms with van der Waals surface area (Å²) in [6.45, 7) is 2.35. The molecule has 0 spiro atoms. The largest absolute Gasteiger partial charge is 0.396 e. The fourth-order valence-electron chi connectivity index (χ4n) is 2.45. The maximum Gasteiger partial charge on any atom is 0.0462 e. The van der Waals surface area contributed by atoms with Gasteiger partial charge >= 0.3 is 0 Å². The van der Waals surface area contributed by atoms with E-state index in [1.54, 1.807) is 11.3 Å². The lowest BCUT2D eigenvalue weighted by atomic mass is 9.97. The highest BCUT2D eigenvalue weighted by molar-refractivity contribution is 9.10. The van der Waals surface area contributed by atoms with Crippen LogP contribution < -0.4 is 5.32 Å². The van der Waals surface area contributed by atoms with Crippen LogP contribution in [0.15, 0.2) is 15.9 Å². The van der Waals surface area contributed by atoms with Crippen LogP contribution >= 0.6 is 27.3 Å². The molecule has 1 saturated carbocycles. The molecule has 4 heteroatoms. The summed E-state index contributed by atoms with van der Waals surface area (Å²) in [5.41, 5.74) is 0. The van der Waals surface area contributed by atoms with Crippen LogP contribution in [0.3, 0.4) is 0 Å². The monoisotopic (exact) mass is 303 g/mol. The van der Waals surface area contributed by atoms with Crippen molar-refractivity contribution in [3.63, 3.8) is 0 Å². The van der Waals surface area contributed by atoms with Crippen molar-refractivity contribution in [1.82, 2.24) is 5.32 Å². The lowest BCUT2D eigenvalue weighted by Crippen LogP contribution is -2.26. The lowest BCUT2D eigenvalue weighted by molar-refractivity contribution is 0.192. The third-order valence-corrected chi connectivity index (χ3v) is 5.08. The Kier molecular flexibility index (Phi) is 4.82. The van der Waals surface area contributed by atoms with Gasteiger partial charge in [0.15, 0.2) is 0 Å². The van der Waals surface area contributed by atoms with Crippen molar-refractivity contribution in [3.05, 3.63) is 20.8 Å². The van der Waals surface area contributed by atoms with Gasteiger partial charge in [-0.15, -0.1) is 11.3 Å². The third kappa shape index (κ3) is 3.29. The van der Waals surface area contributed by atoms with Gasteiger partial charge in [-0.25, -0.2) is 0 Å². The minimum Gasteiger partial charge on any atom is -0.396 e. The second-order valence-corrected chi connectivity index (χ2v) is 6.41. The first-order valence-corrected chi connectivity index (χ1v) is 7.51. The Morgan fingerprint density at radius 3 is 2.94 bits per heavy atom. The molecule has 1 aromatic rings. The Morgan fingerprint density at radius 1 is 1.44 bits per heavy atom. The van der Waals surface area contributed by atoms with E-state index in [4.69, 9.17) is 0 Å². The van der Waals surface area contributed by atoms with Gasteiger partial charge in [0, 0.05) is 27.9 Å². The molecule has 1 fully saturated rings. The van der Waals surface area contributed by atoms with Crippen molar-refractivity contribution >= 4 is 27.3 Å². The summed E-state index contributed by atoms with van der Waals surface area (Å²) in [5.74, 6) is 1.20. The summed E-state index contributed by atoms with van der Waals surface area (Å²) in [7, 11) is 0. The van der Waals surface area contributed by atoms with Crippen molar-refractivity contribution in [1.29, 1.82) is 0 Å². The van der Waals surface area contributed by atoms with Crippen molar-refractivity contribution in [2.75, 3.05) is 13.2 Å². The van der Waals surface area contributed by atoms with Crippen LogP contribution in [0, 0.1) is 11.8 Å². The number of hydrogen-bond acceptors (Lipinski definition) is 3. The molecule has 0 saturated heterocycles. The van der Waals surface area contributed by atoms with E-state index in [1.165, 1.54) is 28.6 Å². The van der Waals surface area contributed by atoms with Gasteiger partial charge in [-0.2, -0.15) is 0 Å². The van der Waals surface area contributed by atoms with E-state index in [-0.39, 0.29) is 0 Å². The van der Waals surface area contributed by atoms with Crippen molar-refractivity contribution in [2.45, 2.75) is 25.8 Å². The molecule has 1 heterocycles. The molecular formula is C12H18BrNOS. The molecule has 2 N–H and O–H groups in total.